The van der Waals surface area contributed by atoms with E-state index < -0.39 is 0 Å². The Morgan fingerprint density at radius 2 is 1.86 bits per heavy atom. The number of aromatic nitrogens is 1. The maximum absolute atomic E-state index is 12.5. The van der Waals surface area contributed by atoms with Gasteiger partial charge in [0.05, 0.1) is 0 Å². The van der Waals surface area contributed by atoms with Crippen molar-refractivity contribution < 1.29 is 4.79 Å². The number of fused-ring (bicyclic) bond motifs is 2. The van der Waals surface area contributed by atoms with Crippen LogP contribution in [-0.4, -0.2) is 21.8 Å². The first kappa shape index (κ1) is 14.3. The van der Waals surface area contributed by atoms with Crippen molar-refractivity contribution in [2.45, 2.75) is 46.7 Å². The first-order valence-electron chi connectivity index (χ1n) is 7.93. The second-order valence-corrected chi connectivity index (χ2v) is 6.13. The molecule has 0 N–H and O–H groups in total. The van der Waals surface area contributed by atoms with Gasteiger partial charge >= 0.3 is 0 Å². The maximum atomic E-state index is 12.5. The lowest BCUT2D eigenvalue weighted by molar-refractivity contribution is 0.0982. The normalized spacial score (nSPS) is 14.9. The van der Waals surface area contributed by atoms with Crippen LogP contribution in [0.25, 0.3) is 10.9 Å². The Morgan fingerprint density at radius 3 is 2.48 bits per heavy atom. The first-order valence-corrected chi connectivity index (χ1v) is 7.93. The molecular weight excluding hydrogens is 260 g/mol. The fraction of sp³-hybridized carbons (Fsp3) is 0.500. The lowest BCUT2D eigenvalue weighted by Gasteiger charge is -2.09. The molecular formula is C18H24N2O. The lowest BCUT2D eigenvalue weighted by Crippen LogP contribution is -2.14. The average Bonchev–Trinajstić information content (AvgIpc) is 2.97. The smallest absolute Gasteiger partial charge is 0.165 e. The van der Waals surface area contributed by atoms with Crippen molar-refractivity contribution in [2.24, 2.45) is 7.05 Å². The molecule has 1 aromatic heterocycles. The molecule has 0 saturated carbocycles. The number of rotatable bonds is 4. The van der Waals surface area contributed by atoms with Gasteiger partial charge in [-0.3, -0.25) is 9.69 Å². The molecule has 0 bridgehead atoms. The summed E-state index contributed by atoms with van der Waals surface area (Å²) in [5, 5.41) is 1.14. The fourth-order valence-corrected chi connectivity index (χ4v) is 3.46. The summed E-state index contributed by atoms with van der Waals surface area (Å²) >= 11 is 0. The van der Waals surface area contributed by atoms with Crippen LogP contribution in [0.3, 0.4) is 0 Å². The van der Waals surface area contributed by atoms with Crippen molar-refractivity contribution in [3.05, 3.63) is 34.5 Å². The number of hydrogen-bond donors (Lipinski definition) is 0. The van der Waals surface area contributed by atoms with E-state index in [0.717, 1.165) is 42.7 Å². The highest BCUT2D eigenvalue weighted by molar-refractivity contribution is 6.09. The Morgan fingerprint density at radius 1 is 1.19 bits per heavy atom. The number of benzene rings is 1. The van der Waals surface area contributed by atoms with Crippen molar-refractivity contribution in [3.8, 4) is 0 Å². The zero-order valence-corrected chi connectivity index (χ0v) is 13.5. The molecule has 0 radical (unpaired) electrons. The third kappa shape index (κ3) is 2.20. The van der Waals surface area contributed by atoms with Crippen molar-refractivity contribution in [1.82, 2.24) is 9.47 Å². The molecule has 2 heterocycles. The molecule has 112 valence electrons. The van der Waals surface area contributed by atoms with Crippen LogP contribution in [0.1, 0.15) is 53.9 Å². The Balaban J connectivity index is 2.17. The van der Waals surface area contributed by atoms with Gasteiger partial charge in [-0.2, -0.15) is 0 Å². The van der Waals surface area contributed by atoms with Crippen LogP contribution < -0.4 is 0 Å². The van der Waals surface area contributed by atoms with Crippen molar-refractivity contribution in [3.63, 3.8) is 0 Å². The SMILES string of the molecule is CCCC(=O)c1c(C)n(C)c2cc3c(cc12)CN(CC)C3. The number of carbonyl (C=O) groups is 1. The van der Waals surface area contributed by atoms with Crippen molar-refractivity contribution >= 4 is 16.7 Å². The summed E-state index contributed by atoms with van der Waals surface area (Å²) in [7, 11) is 2.07. The number of ketones is 1. The molecule has 21 heavy (non-hydrogen) atoms. The maximum Gasteiger partial charge on any atom is 0.165 e. The molecule has 3 rings (SSSR count). The molecule has 0 amide bonds. The van der Waals surface area contributed by atoms with Crippen molar-refractivity contribution in [1.29, 1.82) is 0 Å². The Labute approximate surface area is 126 Å². The highest BCUT2D eigenvalue weighted by Crippen LogP contribution is 2.32. The van der Waals surface area contributed by atoms with Gasteiger partial charge in [-0.25, -0.2) is 0 Å². The number of aryl methyl sites for hydroxylation is 1. The van der Waals surface area contributed by atoms with Gasteiger partial charge in [0.1, 0.15) is 0 Å². The largest absolute Gasteiger partial charge is 0.347 e. The molecule has 2 aromatic rings. The summed E-state index contributed by atoms with van der Waals surface area (Å²) < 4.78 is 2.17. The second-order valence-electron chi connectivity index (χ2n) is 6.13. The Hall–Kier alpha value is -1.61. The number of nitrogens with zero attached hydrogens (tertiary/aromatic N) is 2. The molecule has 3 nitrogen and oxygen atoms in total. The quantitative estimate of drug-likeness (QED) is 0.798. The predicted octanol–water partition coefficient (Wildman–Crippen LogP) is 3.81. The molecule has 1 aromatic carbocycles. The summed E-state index contributed by atoms with van der Waals surface area (Å²) in [4.78, 5) is 14.9. The average molecular weight is 284 g/mol. The highest BCUT2D eigenvalue weighted by atomic mass is 16.1. The van der Waals surface area contributed by atoms with Crippen molar-refractivity contribution in [2.75, 3.05) is 6.54 Å². The molecule has 1 aliphatic heterocycles. The summed E-state index contributed by atoms with van der Waals surface area (Å²) in [5.41, 5.74) is 6.04. The number of carbonyl (C=O) groups excluding carboxylic acids is 1. The minimum Gasteiger partial charge on any atom is -0.347 e. The Kier molecular flexibility index (Phi) is 3.62. The number of hydrogen-bond acceptors (Lipinski definition) is 2. The van der Waals surface area contributed by atoms with E-state index in [9.17, 15) is 4.79 Å². The summed E-state index contributed by atoms with van der Waals surface area (Å²) in [5.74, 6) is 0.283. The van der Waals surface area contributed by atoms with E-state index in [0.29, 0.717) is 6.42 Å². The monoisotopic (exact) mass is 284 g/mol. The number of Topliss-reactive ketones (excluding diaryl/α,β-unsaturated/α-hetero) is 1. The lowest BCUT2D eigenvalue weighted by atomic mass is 10.0. The molecule has 0 aliphatic carbocycles. The fourth-order valence-electron chi connectivity index (χ4n) is 3.46. The van der Waals surface area contributed by atoms with E-state index in [1.165, 1.54) is 16.6 Å². The summed E-state index contributed by atoms with van der Waals surface area (Å²) in [6.07, 6.45) is 1.54. The van der Waals surface area contributed by atoms with E-state index in [2.05, 4.69) is 49.4 Å². The van der Waals surface area contributed by atoms with Crippen LogP contribution in [0.2, 0.25) is 0 Å². The zero-order valence-electron chi connectivity index (χ0n) is 13.5. The van der Waals surface area contributed by atoms with Gasteiger partial charge in [0.25, 0.3) is 0 Å². The molecule has 1 aliphatic rings. The molecule has 0 unspecified atom stereocenters. The molecule has 0 atom stereocenters. The minimum atomic E-state index is 0.283. The van der Waals surface area contributed by atoms with E-state index in [-0.39, 0.29) is 5.78 Å². The van der Waals surface area contributed by atoms with Crippen LogP contribution in [0, 0.1) is 6.92 Å². The highest BCUT2D eigenvalue weighted by Gasteiger charge is 2.23. The molecule has 0 spiro atoms. The van der Waals surface area contributed by atoms with Crippen LogP contribution >= 0.6 is 0 Å². The first-order chi connectivity index (χ1) is 10.1. The van der Waals surface area contributed by atoms with E-state index >= 15 is 0 Å². The van der Waals surface area contributed by atoms with E-state index in [1.807, 2.05) is 0 Å². The predicted molar refractivity (Wildman–Crippen MR) is 86.7 cm³/mol. The second kappa shape index (κ2) is 5.30. The van der Waals surface area contributed by atoms with Crippen LogP contribution in [0.5, 0.6) is 0 Å². The van der Waals surface area contributed by atoms with Gasteiger partial charge in [-0.1, -0.05) is 13.8 Å². The summed E-state index contributed by atoms with van der Waals surface area (Å²) in [6, 6.07) is 4.55. The van der Waals surface area contributed by atoms with Crippen LogP contribution in [-0.2, 0) is 20.1 Å². The van der Waals surface area contributed by atoms with Gasteiger partial charge in [-0.05, 0) is 43.1 Å². The third-order valence-corrected chi connectivity index (χ3v) is 4.80. The topological polar surface area (TPSA) is 25.2 Å². The van der Waals surface area contributed by atoms with E-state index in [4.69, 9.17) is 0 Å². The third-order valence-electron chi connectivity index (χ3n) is 4.80. The van der Waals surface area contributed by atoms with Gasteiger partial charge in [0, 0.05) is 48.7 Å². The van der Waals surface area contributed by atoms with Gasteiger partial charge < -0.3 is 4.57 Å². The molecule has 0 saturated heterocycles. The van der Waals surface area contributed by atoms with E-state index in [1.54, 1.807) is 0 Å². The minimum absolute atomic E-state index is 0.283. The van der Waals surface area contributed by atoms with Gasteiger partial charge in [0.2, 0.25) is 0 Å². The van der Waals surface area contributed by atoms with Gasteiger partial charge in [-0.15, -0.1) is 0 Å². The molecule has 0 fully saturated rings. The standard InChI is InChI=1S/C18H24N2O/c1-5-7-17(21)18-12(3)19(4)16-9-14-11-20(6-2)10-13(14)8-15(16)18/h8-9H,5-7,10-11H2,1-4H3. The Bertz CT molecular complexity index is 712. The summed E-state index contributed by atoms with van der Waals surface area (Å²) in [6.45, 7) is 9.44. The van der Waals surface area contributed by atoms with Gasteiger partial charge in [0.15, 0.2) is 5.78 Å². The zero-order chi connectivity index (χ0) is 15.1. The molecule has 3 heteroatoms. The van der Waals surface area contributed by atoms with Crippen LogP contribution in [0.15, 0.2) is 12.1 Å². The van der Waals surface area contributed by atoms with Crippen LogP contribution in [0.4, 0.5) is 0 Å².